The molecule has 0 spiro atoms. The minimum atomic E-state index is -0.909. The maximum Gasteiger partial charge on any atom is 0.274 e. The summed E-state index contributed by atoms with van der Waals surface area (Å²) in [5.41, 5.74) is 2.81. The molecule has 154 valence electrons. The first kappa shape index (κ1) is 18.7. The van der Waals surface area contributed by atoms with Gasteiger partial charge in [-0.2, -0.15) is 5.10 Å². The van der Waals surface area contributed by atoms with Gasteiger partial charge in [0.15, 0.2) is 5.69 Å². The molecule has 2 N–H and O–H groups in total. The lowest BCUT2D eigenvalue weighted by molar-refractivity contribution is -0.00608. The molecule has 1 aromatic carbocycles. The summed E-state index contributed by atoms with van der Waals surface area (Å²) in [5, 5.41) is 19.1. The van der Waals surface area contributed by atoms with Gasteiger partial charge in [0.05, 0.1) is 12.7 Å². The van der Waals surface area contributed by atoms with Gasteiger partial charge in [0.2, 0.25) is 0 Å². The van der Waals surface area contributed by atoms with E-state index in [4.69, 9.17) is 4.74 Å². The van der Waals surface area contributed by atoms with E-state index < -0.39 is 5.60 Å². The van der Waals surface area contributed by atoms with Gasteiger partial charge in [0.25, 0.3) is 5.91 Å². The number of aromatic amines is 1. The quantitative estimate of drug-likeness (QED) is 0.838. The molecule has 1 saturated carbocycles. The second-order valence-corrected chi connectivity index (χ2v) is 9.15. The Morgan fingerprint density at radius 2 is 2.21 bits per heavy atom. The first-order valence-electron chi connectivity index (χ1n) is 10.7. The van der Waals surface area contributed by atoms with E-state index in [1.807, 2.05) is 29.2 Å². The van der Waals surface area contributed by atoms with Crippen molar-refractivity contribution in [2.75, 3.05) is 20.2 Å². The molecule has 6 heteroatoms. The number of hydrogen-bond donors (Lipinski definition) is 2. The Balaban J connectivity index is 1.38. The smallest absolute Gasteiger partial charge is 0.274 e. The minimum absolute atomic E-state index is 0.0130. The lowest BCUT2D eigenvalue weighted by Gasteiger charge is -2.31. The van der Waals surface area contributed by atoms with Crippen molar-refractivity contribution < 1.29 is 14.6 Å². The highest BCUT2D eigenvalue weighted by atomic mass is 16.5. The van der Waals surface area contributed by atoms with Crippen LogP contribution in [0.2, 0.25) is 0 Å². The Hall–Kier alpha value is -2.34. The van der Waals surface area contributed by atoms with Crippen LogP contribution in [-0.4, -0.2) is 46.3 Å². The van der Waals surface area contributed by atoms with Gasteiger partial charge >= 0.3 is 0 Å². The highest BCUT2D eigenvalue weighted by Crippen LogP contribution is 2.51. The summed E-state index contributed by atoms with van der Waals surface area (Å²) in [6.45, 7) is 3.51. The van der Waals surface area contributed by atoms with E-state index in [0.29, 0.717) is 30.6 Å². The molecule has 0 unspecified atom stereocenters. The maximum atomic E-state index is 13.3. The van der Waals surface area contributed by atoms with Crippen LogP contribution >= 0.6 is 0 Å². The number of hydrogen-bond acceptors (Lipinski definition) is 4. The lowest BCUT2D eigenvalue weighted by Crippen LogP contribution is -2.37. The van der Waals surface area contributed by atoms with Crippen LogP contribution in [0.1, 0.15) is 53.5 Å². The molecule has 5 rings (SSSR count). The molecule has 2 fully saturated rings. The number of benzene rings is 1. The third-order valence-electron chi connectivity index (χ3n) is 7.40. The fraction of sp³-hybridized carbons (Fsp3) is 0.565. The topological polar surface area (TPSA) is 78.5 Å². The molecule has 1 aliphatic heterocycles. The second kappa shape index (κ2) is 6.87. The van der Waals surface area contributed by atoms with Crippen LogP contribution < -0.4 is 4.74 Å². The average Bonchev–Trinajstić information content (AvgIpc) is 3.42. The fourth-order valence-electron chi connectivity index (χ4n) is 5.71. The predicted molar refractivity (Wildman–Crippen MR) is 109 cm³/mol. The Kier molecular flexibility index (Phi) is 4.42. The highest BCUT2D eigenvalue weighted by Gasteiger charge is 2.53. The van der Waals surface area contributed by atoms with Crippen LogP contribution in [-0.2, 0) is 18.4 Å². The number of fused-ring (bicyclic) bond motifs is 2. The van der Waals surface area contributed by atoms with Crippen molar-refractivity contribution in [2.24, 2.45) is 17.8 Å². The standard InChI is InChI=1S/C23H29N3O3/c1-14-6-7-20-18(10-14)21(25-24-20)22(27)26-12-15-8-9-23(28,19(15)13-26)16-4-3-5-17(11-16)29-2/h3-5,11,14-15,19,28H,6-10,12-13H2,1-2H3,(H,24,25)/t14-,15-,19+,23+/m1/s1. The van der Waals surface area contributed by atoms with Crippen molar-refractivity contribution in [3.8, 4) is 5.75 Å². The summed E-state index contributed by atoms with van der Waals surface area (Å²) >= 11 is 0. The van der Waals surface area contributed by atoms with Gasteiger partial charge in [-0.15, -0.1) is 0 Å². The third-order valence-corrected chi connectivity index (χ3v) is 7.40. The number of H-pyrrole nitrogens is 1. The van der Waals surface area contributed by atoms with Crippen molar-refractivity contribution in [3.63, 3.8) is 0 Å². The second-order valence-electron chi connectivity index (χ2n) is 9.15. The third kappa shape index (κ3) is 2.96. The van der Waals surface area contributed by atoms with E-state index in [9.17, 15) is 9.90 Å². The van der Waals surface area contributed by atoms with Gasteiger partial charge in [-0.05, 0) is 61.6 Å². The molecular formula is C23H29N3O3. The number of amides is 1. The molecule has 2 aliphatic carbocycles. The van der Waals surface area contributed by atoms with Crippen LogP contribution in [0.25, 0.3) is 0 Å². The van der Waals surface area contributed by atoms with Crippen LogP contribution in [0.5, 0.6) is 5.75 Å². The van der Waals surface area contributed by atoms with Crippen molar-refractivity contribution >= 4 is 5.91 Å². The maximum absolute atomic E-state index is 13.3. The van der Waals surface area contributed by atoms with Crippen LogP contribution in [0, 0.1) is 17.8 Å². The lowest BCUT2D eigenvalue weighted by atomic mass is 9.82. The van der Waals surface area contributed by atoms with E-state index >= 15 is 0 Å². The van der Waals surface area contributed by atoms with E-state index in [1.165, 1.54) is 0 Å². The van der Waals surface area contributed by atoms with Gasteiger partial charge in [0.1, 0.15) is 5.75 Å². The molecule has 1 amide bonds. The van der Waals surface area contributed by atoms with Crippen molar-refractivity contribution in [3.05, 3.63) is 46.8 Å². The molecule has 2 heterocycles. The van der Waals surface area contributed by atoms with Gasteiger partial charge < -0.3 is 14.7 Å². The number of nitrogens with one attached hydrogen (secondary N) is 1. The number of rotatable bonds is 3. The number of aliphatic hydroxyl groups is 1. The Bertz CT molecular complexity index is 939. The molecule has 29 heavy (non-hydrogen) atoms. The zero-order valence-corrected chi connectivity index (χ0v) is 17.1. The number of carbonyl (C=O) groups is 1. The van der Waals surface area contributed by atoms with E-state index in [2.05, 4.69) is 17.1 Å². The van der Waals surface area contributed by atoms with Crippen molar-refractivity contribution in [2.45, 2.75) is 44.6 Å². The molecular weight excluding hydrogens is 366 g/mol. The largest absolute Gasteiger partial charge is 0.497 e. The first-order chi connectivity index (χ1) is 14.0. The Morgan fingerprint density at radius 1 is 1.34 bits per heavy atom. The molecule has 1 saturated heterocycles. The number of likely N-dealkylation sites (tertiary alicyclic amines) is 1. The summed E-state index contributed by atoms with van der Waals surface area (Å²) in [4.78, 5) is 15.2. The van der Waals surface area contributed by atoms with Crippen LogP contribution in [0.3, 0.4) is 0 Å². The Morgan fingerprint density at radius 3 is 3.03 bits per heavy atom. The van der Waals surface area contributed by atoms with E-state index in [1.54, 1.807) is 7.11 Å². The van der Waals surface area contributed by atoms with E-state index in [0.717, 1.165) is 54.7 Å². The van der Waals surface area contributed by atoms with Gasteiger partial charge in [0, 0.05) is 30.3 Å². The first-order valence-corrected chi connectivity index (χ1v) is 10.7. The molecule has 1 aromatic heterocycles. The summed E-state index contributed by atoms with van der Waals surface area (Å²) in [7, 11) is 1.64. The minimum Gasteiger partial charge on any atom is -0.497 e. The predicted octanol–water partition coefficient (Wildman–Crippen LogP) is 2.91. The van der Waals surface area contributed by atoms with Gasteiger partial charge in [-0.1, -0.05) is 19.1 Å². The zero-order valence-electron chi connectivity index (χ0n) is 17.1. The number of aromatic nitrogens is 2. The average molecular weight is 396 g/mol. The fourth-order valence-corrected chi connectivity index (χ4v) is 5.71. The molecule has 0 bridgehead atoms. The number of methoxy groups -OCH3 is 1. The SMILES string of the molecule is COc1cccc([C@@]2(O)CC[C@@H]3CN(C(=O)c4n[nH]c5c4C[C@H](C)CC5)C[C@@H]32)c1. The van der Waals surface area contributed by atoms with Crippen LogP contribution in [0.15, 0.2) is 24.3 Å². The van der Waals surface area contributed by atoms with Crippen molar-refractivity contribution in [1.82, 2.24) is 15.1 Å². The summed E-state index contributed by atoms with van der Waals surface area (Å²) in [5.74, 6) is 1.72. The summed E-state index contributed by atoms with van der Waals surface area (Å²) in [6, 6.07) is 7.72. The normalized spacial score (nSPS) is 30.9. The number of nitrogens with zero attached hydrogens (tertiary/aromatic N) is 2. The zero-order chi connectivity index (χ0) is 20.2. The molecule has 6 nitrogen and oxygen atoms in total. The molecule has 2 aromatic rings. The highest BCUT2D eigenvalue weighted by molar-refractivity contribution is 5.94. The summed E-state index contributed by atoms with van der Waals surface area (Å²) < 4.78 is 5.35. The van der Waals surface area contributed by atoms with Crippen molar-refractivity contribution in [1.29, 1.82) is 0 Å². The Labute approximate surface area is 171 Å². The molecule has 0 radical (unpaired) electrons. The molecule has 4 atom stereocenters. The monoisotopic (exact) mass is 395 g/mol. The van der Waals surface area contributed by atoms with E-state index in [-0.39, 0.29) is 11.8 Å². The number of carbonyl (C=O) groups excluding carboxylic acids is 1. The summed E-state index contributed by atoms with van der Waals surface area (Å²) in [6.07, 6.45) is 4.69. The molecule has 3 aliphatic rings. The van der Waals surface area contributed by atoms with Crippen LogP contribution in [0.4, 0.5) is 0 Å². The number of aryl methyl sites for hydroxylation is 1. The number of ether oxygens (including phenoxy) is 1. The van der Waals surface area contributed by atoms with Gasteiger partial charge in [-0.25, -0.2) is 0 Å². The van der Waals surface area contributed by atoms with Gasteiger partial charge in [-0.3, -0.25) is 9.89 Å².